The van der Waals surface area contributed by atoms with Crippen molar-refractivity contribution in [3.05, 3.63) is 71.7 Å². The number of anilines is 1. The summed E-state index contributed by atoms with van der Waals surface area (Å²) in [4.78, 5) is 16.1. The second kappa shape index (κ2) is 6.98. The fourth-order valence-corrected chi connectivity index (χ4v) is 3.79. The van der Waals surface area contributed by atoms with E-state index in [-0.39, 0.29) is 11.2 Å². The predicted octanol–water partition coefficient (Wildman–Crippen LogP) is 3.16. The van der Waals surface area contributed by atoms with Crippen LogP contribution in [0.3, 0.4) is 0 Å². The number of amides is 1. The third kappa shape index (κ3) is 3.51. The molecule has 2 N–H and O–H groups in total. The normalized spacial score (nSPS) is 16.6. The van der Waals surface area contributed by atoms with Crippen molar-refractivity contribution in [1.82, 2.24) is 15.2 Å². The minimum Gasteiger partial charge on any atom is -0.487 e. The lowest BCUT2D eigenvalue weighted by atomic mass is 10.1. The highest BCUT2D eigenvalue weighted by atomic mass is 32.2. The zero-order valence-corrected chi connectivity index (χ0v) is 14.1. The van der Waals surface area contributed by atoms with Gasteiger partial charge in [-0.1, -0.05) is 18.2 Å². The van der Waals surface area contributed by atoms with Crippen LogP contribution in [0.25, 0.3) is 0 Å². The van der Waals surface area contributed by atoms with Crippen LogP contribution in [-0.2, 0) is 11.4 Å². The van der Waals surface area contributed by atoms with Gasteiger partial charge < -0.3 is 10.1 Å². The first-order chi connectivity index (χ1) is 12.3. The minimum atomic E-state index is -0.0273. The van der Waals surface area contributed by atoms with E-state index < -0.39 is 0 Å². The van der Waals surface area contributed by atoms with Crippen LogP contribution >= 0.6 is 11.8 Å². The molecule has 1 aromatic carbocycles. The van der Waals surface area contributed by atoms with E-state index in [1.807, 2.05) is 42.5 Å². The SMILES string of the molecule is O=C1CS[C@H](c2cccc(OCc3ccccn3)c2)c2cn[nH]c2N1. The van der Waals surface area contributed by atoms with Crippen LogP contribution < -0.4 is 10.1 Å². The van der Waals surface area contributed by atoms with Gasteiger partial charge in [0, 0.05) is 11.8 Å². The molecule has 0 saturated carbocycles. The van der Waals surface area contributed by atoms with E-state index in [4.69, 9.17) is 4.74 Å². The summed E-state index contributed by atoms with van der Waals surface area (Å²) >= 11 is 1.58. The van der Waals surface area contributed by atoms with Crippen molar-refractivity contribution in [2.75, 3.05) is 11.1 Å². The van der Waals surface area contributed by atoms with Crippen molar-refractivity contribution in [3.63, 3.8) is 0 Å². The molecule has 0 unspecified atom stereocenters. The van der Waals surface area contributed by atoms with E-state index >= 15 is 0 Å². The average Bonchev–Trinajstić information content (AvgIpc) is 3.03. The highest BCUT2D eigenvalue weighted by Gasteiger charge is 2.25. The molecule has 0 saturated heterocycles. The van der Waals surface area contributed by atoms with E-state index in [0.29, 0.717) is 18.2 Å². The van der Waals surface area contributed by atoms with Crippen molar-refractivity contribution in [2.24, 2.45) is 0 Å². The first kappa shape index (κ1) is 15.7. The van der Waals surface area contributed by atoms with Crippen molar-refractivity contribution in [3.8, 4) is 5.75 Å². The first-order valence-corrected chi connectivity index (χ1v) is 8.92. The lowest BCUT2D eigenvalue weighted by Gasteiger charge is -2.15. The number of ether oxygens (including phenoxy) is 1. The van der Waals surface area contributed by atoms with Gasteiger partial charge in [0.15, 0.2) is 0 Å². The van der Waals surface area contributed by atoms with E-state index in [0.717, 1.165) is 22.6 Å². The zero-order valence-electron chi connectivity index (χ0n) is 13.3. The molecule has 6 nitrogen and oxygen atoms in total. The van der Waals surface area contributed by atoms with Gasteiger partial charge in [-0.2, -0.15) is 5.10 Å². The molecule has 3 aromatic rings. The standard InChI is InChI=1S/C18H16N4O2S/c23-16-11-25-17(15-9-20-22-18(15)21-16)12-4-3-6-14(8-12)24-10-13-5-1-2-7-19-13/h1-9,17H,10-11H2,(H2,20,21,22,23)/t17-/m1/s1. The molecule has 1 amide bonds. The van der Waals surface area contributed by atoms with Gasteiger partial charge in [-0.25, -0.2) is 0 Å². The van der Waals surface area contributed by atoms with E-state index in [2.05, 4.69) is 20.5 Å². The Labute approximate surface area is 149 Å². The number of carbonyl (C=O) groups excluding carboxylic acids is 1. The number of carbonyl (C=O) groups is 1. The second-order valence-corrected chi connectivity index (χ2v) is 6.72. The summed E-state index contributed by atoms with van der Waals surface area (Å²) in [6.07, 6.45) is 3.52. The summed E-state index contributed by atoms with van der Waals surface area (Å²) in [5.74, 6) is 1.81. The van der Waals surface area contributed by atoms with Crippen LogP contribution in [0.4, 0.5) is 5.82 Å². The molecule has 0 bridgehead atoms. The molecule has 0 aliphatic carbocycles. The molecule has 1 aliphatic rings. The topological polar surface area (TPSA) is 79.9 Å². The van der Waals surface area contributed by atoms with Crippen LogP contribution in [0.15, 0.2) is 54.9 Å². The number of thioether (sulfide) groups is 1. The highest BCUT2D eigenvalue weighted by molar-refractivity contribution is 8.00. The van der Waals surface area contributed by atoms with Crippen LogP contribution in [0, 0.1) is 0 Å². The molecule has 2 aromatic heterocycles. The van der Waals surface area contributed by atoms with Gasteiger partial charge in [0.1, 0.15) is 18.2 Å². The average molecular weight is 352 g/mol. The van der Waals surface area contributed by atoms with Gasteiger partial charge in [0.2, 0.25) is 5.91 Å². The van der Waals surface area contributed by atoms with Crippen LogP contribution in [0.2, 0.25) is 0 Å². The molecule has 25 heavy (non-hydrogen) atoms. The quantitative estimate of drug-likeness (QED) is 0.754. The summed E-state index contributed by atoms with van der Waals surface area (Å²) in [5.41, 5.74) is 2.92. The Kier molecular flexibility index (Phi) is 4.39. The Bertz CT molecular complexity index is 882. The van der Waals surface area contributed by atoms with Crippen LogP contribution in [0.1, 0.15) is 22.1 Å². The highest BCUT2D eigenvalue weighted by Crippen LogP contribution is 2.41. The first-order valence-electron chi connectivity index (χ1n) is 7.87. The van der Waals surface area contributed by atoms with Crippen molar-refractivity contribution in [1.29, 1.82) is 0 Å². The summed E-state index contributed by atoms with van der Waals surface area (Å²) < 4.78 is 5.87. The number of pyridine rings is 1. The molecule has 1 aliphatic heterocycles. The summed E-state index contributed by atoms with van der Waals surface area (Å²) in [5, 5.41) is 9.78. The van der Waals surface area contributed by atoms with Gasteiger partial charge in [-0.05, 0) is 29.8 Å². The van der Waals surface area contributed by atoms with Gasteiger partial charge in [0.25, 0.3) is 0 Å². The Morgan fingerprint density at radius 2 is 2.20 bits per heavy atom. The number of hydrogen-bond donors (Lipinski definition) is 2. The number of benzene rings is 1. The third-order valence-electron chi connectivity index (χ3n) is 3.87. The van der Waals surface area contributed by atoms with Crippen molar-refractivity contribution >= 4 is 23.5 Å². The fraction of sp³-hybridized carbons (Fsp3) is 0.167. The van der Waals surface area contributed by atoms with Gasteiger partial charge in [0.05, 0.1) is 22.9 Å². The zero-order chi connectivity index (χ0) is 17.1. The summed E-state index contributed by atoms with van der Waals surface area (Å²) in [6, 6.07) is 13.7. The van der Waals surface area contributed by atoms with E-state index in [1.165, 1.54) is 0 Å². The monoisotopic (exact) mass is 352 g/mol. The number of hydrogen-bond acceptors (Lipinski definition) is 5. The maximum atomic E-state index is 11.8. The second-order valence-electron chi connectivity index (χ2n) is 5.62. The molecule has 0 radical (unpaired) electrons. The van der Waals surface area contributed by atoms with E-state index in [1.54, 1.807) is 24.2 Å². The maximum Gasteiger partial charge on any atom is 0.235 e. The predicted molar refractivity (Wildman–Crippen MR) is 96.5 cm³/mol. The summed E-state index contributed by atoms with van der Waals surface area (Å²) in [6.45, 7) is 0.416. The Morgan fingerprint density at radius 1 is 1.24 bits per heavy atom. The molecule has 0 fully saturated rings. The largest absolute Gasteiger partial charge is 0.487 e. The molecular formula is C18H16N4O2S. The molecular weight excluding hydrogens is 336 g/mol. The lowest BCUT2D eigenvalue weighted by molar-refractivity contribution is -0.113. The number of nitrogens with one attached hydrogen (secondary N) is 2. The van der Waals surface area contributed by atoms with Crippen molar-refractivity contribution in [2.45, 2.75) is 11.9 Å². The molecule has 7 heteroatoms. The fourth-order valence-electron chi connectivity index (χ4n) is 2.70. The Balaban J connectivity index is 1.56. The molecule has 4 rings (SSSR count). The van der Waals surface area contributed by atoms with Crippen LogP contribution in [0.5, 0.6) is 5.75 Å². The van der Waals surface area contributed by atoms with Gasteiger partial charge in [-0.3, -0.25) is 14.9 Å². The number of aromatic amines is 1. The Hall–Kier alpha value is -2.80. The number of aromatic nitrogens is 3. The number of H-pyrrole nitrogens is 1. The number of nitrogens with zero attached hydrogens (tertiary/aromatic N) is 2. The minimum absolute atomic E-state index is 0.0195. The third-order valence-corrected chi connectivity index (χ3v) is 5.16. The maximum absolute atomic E-state index is 11.8. The van der Waals surface area contributed by atoms with Gasteiger partial charge in [-0.15, -0.1) is 11.8 Å². The molecule has 0 spiro atoms. The Morgan fingerprint density at radius 3 is 3.08 bits per heavy atom. The molecule has 1 atom stereocenters. The van der Waals surface area contributed by atoms with E-state index in [9.17, 15) is 4.79 Å². The lowest BCUT2D eigenvalue weighted by Crippen LogP contribution is -2.12. The number of fused-ring (bicyclic) bond motifs is 1. The van der Waals surface area contributed by atoms with Crippen LogP contribution in [-0.4, -0.2) is 26.8 Å². The number of rotatable bonds is 4. The van der Waals surface area contributed by atoms with Crippen molar-refractivity contribution < 1.29 is 9.53 Å². The van der Waals surface area contributed by atoms with Gasteiger partial charge >= 0.3 is 0 Å². The molecule has 126 valence electrons. The molecule has 3 heterocycles. The summed E-state index contributed by atoms with van der Waals surface area (Å²) in [7, 11) is 0. The smallest absolute Gasteiger partial charge is 0.235 e.